The molecule has 4 amide bonds. The number of rotatable bonds is 24. The first kappa shape index (κ1) is 56.9. The van der Waals surface area contributed by atoms with E-state index in [1.807, 2.05) is 61.6 Å². The minimum Gasteiger partial charge on any atom is -0.343 e. The molecule has 0 spiro atoms. The van der Waals surface area contributed by atoms with Gasteiger partial charge in [-0.1, -0.05) is 119 Å². The number of hydrazone groups is 1. The number of thiazole rings is 1. The second-order valence-corrected chi connectivity index (χ2v) is 22.6. The number of halogens is 1. The Labute approximate surface area is 419 Å². The largest absolute Gasteiger partial charge is 0.343 e. The molecular formula is C48H74ClN11O6S3. The molecule has 21 heteroatoms. The fourth-order valence-electron chi connectivity index (χ4n) is 7.59. The van der Waals surface area contributed by atoms with Crippen LogP contribution in [-0.2, 0) is 26.6 Å². The lowest BCUT2D eigenvalue weighted by Crippen LogP contribution is -2.35. The second kappa shape index (κ2) is 28.2. The molecule has 0 saturated carbocycles. The van der Waals surface area contributed by atoms with Crippen LogP contribution in [0.15, 0.2) is 80.7 Å². The summed E-state index contributed by atoms with van der Waals surface area (Å²) in [7, 11) is -2.55. The molecule has 4 aromatic rings. The highest BCUT2D eigenvalue weighted by Crippen LogP contribution is 2.27. The molecule has 4 N–H and O–H groups in total. The maximum absolute atomic E-state index is 13.8. The summed E-state index contributed by atoms with van der Waals surface area (Å²) < 4.78 is 57.9. The van der Waals surface area contributed by atoms with E-state index in [4.69, 9.17) is 11.6 Å². The van der Waals surface area contributed by atoms with E-state index in [1.54, 1.807) is 22.5 Å². The van der Waals surface area contributed by atoms with Crippen LogP contribution in [0.25, 0.3) is 10.2 Å². The Morgan fingerprint density at radius 1 is 0.696 bits per heavy atom. The van der Waals surface area contributed by atoms with Crippen molar-refractivity contribution in [1.82, 2.24) is 33.8 Å². The third-order valence-electron chi connectivity index (χ3n) is 11.7. The number of aromatic nitrogens is 1. The van der Waals surface area contributed by atoms with Crippen molar-refractivity contribution in [3.63, 3.8) is 0 Å². The Kier molecular flexibility index (Phi) is 23.2. The van der Waals surface area contributed by atoms with Gasteiger partial charge < -0.3 is 25.0 Å². The molecule has 0 unspecified atom stereocenters. The highest BCUT2D eigenvalue weighted by Gasteiger charge is 2.26. The molecular weight excluding hydrogens is 958 g/mol. The van der Waals surface area contributed by atoms with Crippen LogP contribution in [0.2, 0.25) is 5.02 Å². The number of likely N-dealkylation sites (N-methyl/N-ethyl adjacent to an activating group) is 2. The normalized spacial score (nSPS) is 13.9. The number of carbonyl (C=O) groups excluding carboxylic acids is 2. The van der Waals surface area contributed by atoms with Gasteiger partial charge in [0.05, 0.1) is 30.7 Å². The van der Waals surface area contributed by atoms with Crippen molar-refractivity contribution in [3.05, 3.63) is 76.1 Å². The molecule has 0 bridgehead atoms. The number of hydrogen-bond donors (Lipinski definition) is 4. The van der Waals surface area contributed by atoms with Gasteiger partial charge in [0.15, 0.2) is 0 Å². The third kappa shape index (κ3) is 16.7. The van der Waals surface area contributed by atoms with Crippen LogP contribution in [0.5, 0.6) is 0 Å². The molecule has 69 heavy (non-hydrogen) atoms. The van der Waals surface area contributed by atoms with Gasteiger partial charge >= 0.3 is 12.1 Å². The number of fused-ring (bicyclic) bond motifs is 1. The standard InChI is InChI=1S/C30H54N6O3S.C18H20ClN5O3S2/c1-6-9-11-13-15-17-21-36(22-18-16-14-12-10-7-2)40(38,39)27-20-19-26(4)28(25-27)31-29(37)32-33-30-34(5)23-24-35(30)8-3;1-4-24-15-7-5-6-8-16(15)28-18(24)22-21-17(25)20-14-11-12(9-10-13(14)19)29(26,27)23(2)3/h19-20,25H,6-18,21-24H2,1-5H3,(H2,31,32,37);5-11H,4H2,1-3H3,(H2,20,21,25)/b33-30-;22-18+. The number of carbonyl (C=O) groups is 2. The van der Waals surface area contributed by atoms with Crippen LogP contribution >= 0.6 is 22.9 Å². The van der Waals surface area contributed by atoms with Gasteiger partial charge in [0.25, 0.3) is 0 Å². The maximum atomic E-state index is 13.8. The minimum atomic E-state index is -3.69. The zero-order valence-electron chi connectivity index (χ0n) is 41.7. The van der Waals surface area contributed by atoms with Gasteiger partial charge in [0.1, 0.15) is 0 Å². The van der Waals surface area contributed by atoms with E-state index in [0.717, 1.165) is 78.2 Å². The van der Waals surface area contributed by atoms with E-state index >= 15 is 0 Å². The summed E-state index contributed by atoms with van der Waals surface area (Å²) >= 11 is 7.56. The number of amides is 4. The fraction of sp³-hybridized carbons (Fsp3) is 0.542. The molecule has 1 aliphatic heterocycles. The number of anilines is 2. The first-order valence-corrected chi connectivity index (χ1v) is 28.2. The summed E-state index contributed by atoms with van der Waals surface area (Å²) in [6.07, 6.45) is 13.3. The molecule has 1 aromatic heterocycles. The summed E-state index contributed by atoms with van der Waals surface area (Å²) in [6, 6.07) is 15.8. The molecule has 1 aliphatic rings. The first-order valence-electron chi connectivity index (χ1n) is 24.1. The molecule has 0 aliphatic carbocycles. The van der Waals surface area contributed by atoms with Crippen molar-refractivity contribution in [1.29, 1.82) is 0 Å². The average molecular weight is 1030 g/mol. The van der Waals surface area contributed by atoms with Gasteiger partial charge in [-0.15, -0.1) is 10.2 Å². The topological polar surface area (TPSA) is 193 Å². The molecule has 5 rings (SSSR count). The van der Waals surface area contributed by atoms with Gasteiger partial charge in [-0.25, -0.2) is 41.6 Å². The number of unbranched alkanes of at least 4 members (excludes halogenated alkanes) is 10. The number of sulfonamides is 2. The number of nitrogens with one attached hydrogen (secondary N) is 4. The lowest BCUT2D eigenvalue weighted by atomic mass is 10.1. The van der Waals surface area contributed by atoms with Gasteiger partial charge in [-0.05, 0) is 81.6 Å². The minimum absolute atomic E-state index is 0.0208. The SMILES string of the molecule is CCCCCCCCN(CCCCCCCC)S(=O)(=O)c1ccc(C)c(NC(=O)N/N=C2/N(C)CCN2CC)c1.CCn1/c(=N\NC(=O)Nc2cc(S(=O)(=O)N(C)C)ccc2Cl)sc2ccccc21. The van der Waals surface area contributed by atoms with Crippen molar-refractivity contribution in [2.75, 3.05) is 64.5 Å². The smallest absolute Gasteiger partial charge is 0.339 e. The molecule has 382 valence electrons. The second-order valence-electron chi connectivity index (χ2n) is 17.1. The molecule has 2 heterocycles. The summed E-state index contributed by atoms with van der Waals surface area (Å²) in [5.41, 5.74) is 7.46. The first-order chi connectivity index (χ1) is 33.0. The molecule has 0 atom stereocenters. The maximum Gasteiger partial charge on any atom is 0.339 e. The van der Waals surface area contributed by atoms with Crippen LogP contribution in [-0.4, -0.2) is 112 Å². The number of nitrogens with zero attached hydrogens (tertiary/aromatic N) is 7. The average Bonchev–Trinajstić information content (AvgIpc) is 3.88. The lowest BCUT2D eigenvalue weighted by molar-refractivity contribution is 0.251. The number of para-hydroxylation sites is 1. The predicted octanol–water partition coefficient (Wildman–Crippen LogP) is 9.63. The highest BCUT2D eigenvalue weighted by atomic mass is 35.5. The Morgan fingerprint density at radius 2 is 1.25 bits per heavy atom. The Bertz CT molecular complexity index is 2600. The van der Waals surface area contributed by atoms with Crippen LogP contribution in [0, 0.1) is 6.92 Å². The van der Waals surface area contributed by atoms with Crippen LogP contribution < -0.4 is 26.3 Å². The van der Waals surface area contributed by atoms with E-state index in [9.17, 15) is 26.4 Å². The van der Waals surface area contributed by atoms with E-state index in [2.05, 4.69) is 50.4 Å². The molecule has 1 saturated heterocycles. The fourth-order valence-corrected chi connectivity index (χ4v) is 11.3. The van der Waals surface area contributed by atoms with E-state index < -0.39 is 32.1 Å². The van der Waals surface area contributed by atoms with Crippen LogP contribution in [0.1, 0.15) is 110 Å². The number of benzene rings is 3. The predicted molar refractivity (Wildman–Crippen MR) is 282 cm³/mol. The summed E-state index contributed by atoms with van der Waals surface area (Å²) in [4.78, 5) is 29.9. The molecule has 1 fully saturated rings. The van der Waals surface area contributed by atoms with Gasteiger partial charge in [0, 0.05) is 66.1 Å². The van der Waals surface area contributed by atoms with Crippen molar-refractivity contribution in [2.45, 2.75) is 128 Å². The summed E-state index contributed by atoms with van der Waals surface area (Å²) in [6.45, 7) is 14.6. The van der Waals surface area contributed by atoms with Crippen LogP contribution in [0.4, 0.5) is 21.0 Å². The zero-order chi connectivity index (χ0) is 50.6. The number of urea groups is 2. The molecule has 3 aromatic carbocycles. The highest BCUT2D eigenvalue weighted by molar-refractivity contribution is 7.89. The lowest BCUT2D eigenvalue weighted by Gasteiger charge is -2.23. The Balaban J connectivity index is 0.000000315. The van der Waals surface area contributed by atoms with Crippen molar-refractivity contribution in [2.24, 2.45) is 10.2 Å². The van der Waals surface area contributed by atoms with Gasteiger partial charge in [-0.3, -0.25) is 0 Å². The van der Waals surface area contributed by atoms with Crippen molar-refractivity contribution >= 4 is 82.6 Å². The van der Waals surface area contributed by atoms with Gasteiger partial charge in [0.2, 0.25) is 30.8 Å². The molecule has 17 nitrogen and oxygen atoms in total. The van der Waals surface area contributed by atoms with E-state index in [0.29, 0.717) is 36.1 Å². The number of hydrogen-bond acceptors (Lipinski definition) is 9. The Morgan fingerprint density at radius 3 is 1.86 bits per heavy atom. The van der Waals surface area contributed by atoms with Crippen LogP contribution in [0.3, 0.4) is 0 Å². The van der Waals surface area contributed by atoms with Crippen molar-refractivity contribution in [3.8, 4) is 0 Å². The number of guanidine groups is 1. The molecule has 0 radical (unpaired) electrons. The number of aryl methyl sites for hydroxylation is 2. The van der Waals surface area contributed by atoms with E-state index in [1.165, 1.54) is 82.2 Å². The van der Waals surface area contributed by atoms with Gasteiger partial charge in [-0.2, -0.15) is 4.31 Å². The quantitative estimate of drug-likeness (QED) is 0.0394. The van der Waals surface area contributed by atoms with E-state index in [-0.39, 0.29) is 20.5 Å². The Hall–Kier alpha value is -4.73. The third-order valence-corrected chi connectivity index (χ3v) is 16.8. The zero-order valence-corrected chi connectivity index (χ0v) is 44.9. The monoisotopic (exact) mass is 1030 g/mol. The van der Waals surface area contributed by atoms with Crippen molar-refractivity contribution < 1.29 is 26.4 Å². The summed E-state index contributed by atoms with van der Waals surface area (Å²) in [5.74, 6) is 0.714. The summed E-state index contributed by atoms with van der Waals surface area (Å²) in [5, 5.41) is 14.0.